The molecule has 6 nitrogen and oxygen atoms in total. The summed E-state index contributed by atoms with van der Waals surface area (Å²) in [5.41, 5.74) is 1.49. The molecule has 27 heavy (non-hydrogen) atoms. The zero-order valence-electron chi connectivity index (χ0n) is 15.2. The van der Waals surface area contributed by atoms with Crippen molar-refractivity contribution in [3.63, 3.8) is 0 Å². The monoisotopic (exact) mass is 392 g/mol. The van der Waals surface area contributed by atoms with Crippen molar-refractivity contribution >= 4 is 29.9 Å². The summed E-state index contributed by atoms with van der Waals surface area (Å²) < 4.78 is 6.07. The first-order valence-electron chi connectivity index (χ1n) is 9.44. The van der Waals surface area contributed by atoms with Gasteiger partial charge in [-0.3, -0.25) is 14.4 Å². The highest BCUT2D eigenvalue weighted by Gasteiger charge is 2.40. The van der Waals surface area contributed by atoms with Crippen molar-refractivity contribution in [1.29, 1.82) is 0 Å². The summed E-state index contributed by atoms with van der Waals surface area (Å²) in [5.74, 6) is 0.989. The lowest BCUT2D eigenvalue weighted by atomic mass is 9.92. The summed E-state index contributed by atoms with van der Waals surface area (Å²) in [4.78, 5) is 38.2. The zero-order chi connectivity index (χ0) is 18.1. The molecule has 0 aromatic heterocycles. The molecule has 1 amide bonds. The molecule has 0 bridgehead atoms. The standard InChI is InChI=1S/C20H24N2O4.ClH/c23-14-4-5-17(18(24)10-14)22-11-16-15(20(22)25)2-1-3-19(16)26-12-13-6-8-21-9-7-13;/h1-3,13,17,21H,4-12H2;1H. The number of fused-ring (bicyclic) bond motifs is 1. The van der Waals surface area contributed by atoms with E-state index in [2.05, 4.69) is 5.32 Å². The molecule has 7 heteroatoms. The van der Waals surface area contributed by atoms with Crippen LogP contribution in [0.1, 0.15) is 48.0 Å². The third kappa shape index (κ3) is 4.01. The van der Waals surface area contributed by atoms with Crippen LogP contribution < -0.4 is 10.1 Å². The Hall–Kier alpha value is -1.92. The molecule has 2 fully saturated rings. The quantitative estimate of drug-likeness (QED) is 0.794. The van der Waals surface area contributed by atoms with Crippen LogP contribution in [0.2, 0.25) is 0 Å². The molecule has 146 valence electrons. The number of carbonyl (C=O) groups is 3. The van der Waals surface area contributed by atoms with Crippen LogP contribution in [0.3, 0.4) is 0 Å². The van der Waals surface area contributed by atoms with Gasteiger partial charge in [-0.25, -0.2) is 0 Å². The molecule has 3 aliphatic rings. The van der Waals surface area contributed by atoms with E-state index >= 15 is 0 Å². The number of benzene rings is 1. The van der Waals surface area contributed by atoms with Crippen LogP contribution in [-0.2, 0) is 16.1 Å². The minimum absolute atomic E-state index is 0. The first kappa shape index (κ1) is 19.8. The van der Waals surface area contributed by atoms with Crippen LogP contribution in [0.15, 0.2) is 18.2 Å². The van der Waals surface area contributed by atoms with Crippen LogP contribution in [0.5, 0.6) is 5.75 Å². The maximum Gasteiger partial charge on any atom is 0.255 e. The van der Waals surface area contributed by atoms with Crippen LogP contribution in [0.4, 0.5) is 0 Å². The predicted octanol–water partition coefficient (Wildman–Crippen LogP) is 2.13. The zero-order valence-corrected chi connectivity index (χ0v) is 16.1. The van der Waals surface area contributed by atoms with Crippen LogP contribution in [0.25, 0.3) is 0 Å². The van der Waals surface area contributed by atoms with Gasteiger partial charge in [0.2, 0.25) is 0 Å². The van der Waals surface area contributed by atoms with Gasteiger partial charge in [0.15, 0.2) is 5.78 Å². The number of carbonyl (C=O) groups excluding carboxylic acids is 3. The second kappa shape index (κ2) is 8.40. The molecule has 1 aromatic carbocycles. The average molecular weight is 393 g/mol. The van der Waals surface area contributed by atoms with E-state index in [1.54, 1.807) is 11.0 Å². The van der Waals surface area contributed by atoms with Gasteiger partial charge in [0.25, 0.3) is 5.91 Å². The van der Waals surface area contributed by atoms with Gasteiger partial charge in [-0.1, -0.05) is 6.07 Å². The highest BCUT2D eigenvalue weighted by Crippen LogP contribution is 2.34. The molecule has 1 saturated carbocycles. The lowest BCUT2D eigenvalue weighted by molar-refractivity contribution is -0.133. The summed E-state index contributed by atoms with van der Waals surface area (Å²) in [5, 5.41) is 3.35. The Kier molecular flexibility index (Phi) is 6.17. The number of Topliss-reactive ketones (excluding diaryl/α,β-unsaturated/α-hetero) is 2. The van der Waals surface area contributed by atoms with Crippen molar-refractivity contribution in [3.05, 3.63) is 29.3 Å². The van der Waals surface area contributed by atoms with E-state index in [1.807, 2.05) is 12.1 Å². The van der Waals surface area contributed by atoms with E-state index in [0.717, 1.165) is 37.2 Å². The maximum absolute atomic E-state index is 12.8. The molecular weight excluding hydrogens is 368 g/mol. The van der Waals surface area contributed by atoms with Crippen LogP contribution >= 0.6 is 12.4 Å². The number of ketones is 2. The fourth-order valence-electron chi connectivity index (χ4n) is 4.16. The van der Waals surface area contributed by atoms with E-state index in [9.17, 15) is 14.4 Å². The van der Waals surface area contributed by atoms with Crippen LogP contribution in [0, 0.1) is 5.92 Å². The molecule has 1 N–H and O–H groups in total. The highest BCUT2D eigenvalue weighted by atomic mass is 35.5. The second-order valence-electron chi connectivity index (χ2n) is 7.46. The van der Waals surface area contributed by atoms with Gasteiger partial charge < -0.3 is 15.0 Å². The largest absolute Gasteiger partial charge is 0.493 e. The van der Waals surface area contributed by atoms with Crippen molar-refractivity contribution in [2.75, 3.05) is 19.7 Å². The third-order valence-corrected chi connectivity index (χ3v) is 5.70. The van der Waals surface area contributed by atoms with Crippen molar-refractivity contribution < 1.29 is 19.1 Å². The van der Waals surface area contributed by atoms with Gasteiger partial charge in [0, 0.05) is 17.5 Å². The lowest BCUT2D eigenvalue weighted by Gasteiger charge is -2.29. The molecule has 1 unspecified atom stereocenters. The molecule has 0 spiro atoms. The summed E-state index contributed by atoms with van der Waals surface area (Å²) in [6, 6.07) is 5.06. The molecule has 4 rings (SSSR count). The summed E-state index contributed by atoms with van der Waals surface area (Å²) in [6.45, 7) is 3.09. The topological polar surface area (TPSA) is 75.7 Å². The summed E-state index contributed by atoms with van der Waals surface area (Å²) >= 11 is 0. The van der Waals surface area contributed by atoms with Gasteiger partial charge >= 0.3 is 0 Å². The number of piperidine rings is 1. The van der Waals surface area contributed by atoms with E-state index < -0.39 is 6.04 Å². The minimum atomic E-state index is -0.482. The van der Waals surface area contributed by atoms with Crippen LogP contribution in [-0.4, -0.2) is 48.1 Å². The number of hydrogen-bond acceptors (Lipinski definition) is 5. The maximum atomic E-state index is 12.8. The Bertz CT molecular complexity index is 745. The smallest absolute Gasteiger partial charge is 0.255 e. The predicted molar refractivity (Wildman–Crippen MR) is 102 cm³/mol. The summed E-state index contributed by atoms with van der Waals surface area (Å²) in [7, 11) is 0. The Morgan fingerprint density at radius 1 is 1.11 bits per heavy atom. The highest BCUT2D eigenvalue weighted by molar-refractivity contribution is 6.07. The fraction of sp³-hybridized carbons (Fsp3) is 0.550. The molecule has 2 heterocycles. The molecule has 1 atom stereocenters. The first-order valence-corrected chi connectivity index (χ1v) is 9.44. The number of rotatable bonds is 4. The number of halogens is 1. The van der Waals surface area contributed by atoms with E-state index in [4.69, 9.17) is 4.74 Å². The minimum Gasteiger partial charge on any atom is -0.493 e. The molecule has 1 aliphatic carbocycles. The molecule has 2 aliphatic heterocycles. The number of ether oxygens (including phenoxy) is 1. The third-order valence-electron chi connectivity index (χ3n) is 5.70. The van der Waals surface area contributed by atoms with Gasteiger partial charge in [-0.05, 0) is 50.4 Å². The Balaban J connectivity index is 0.00000210. The SMILES string of the molecule is Cl.O=C1CCC(N2Cc3c(OCC4CCNCC4)cccc3C2=O)C(=O)C1. The number of hydrogen-bond donors (Lipinski definition) is 1. The van der Waals surface area contributed by atoms with E-state index in [1.165, 1.54) is 0 Å². The van der Waals surface area contributed by atoms with Gasteiger partial charge in [0.05, 0.1) is 25.6 Å². The molecular formula is C20H25ClN2O4. The Morgan fingerprint density at radius 3 is 2.63 bits per heavy atom. The van der Waals surface area contributed by atoms with E-state index in [0.29, 0.717) is 37.5 Å². The molecule has 1 saturated heterocycles. The van der Waals surface area contributed by atoms with Crippen molar-refractivity contribution in [2.24, 2.45) is 5.92 Å². The Morgan fingerprint density at radius 2 is 1.89 bits per heavy atom. The van der Waals surface area contributed by atoms with Gasteiger partial charge in [-0.2, -0.15) is 0 Å². The summed E-state index contributed by atoms with van der Waals surface area (Å²) in [6.07, 6.45) is 2.96. The molecule has 0 radical (unpaired) electrons. The van der Waals surface area contributed by atoms with Crippen molar-refractivity contribution in [2.45, 2.75) is 44.7 Å². The average Bonchev–Trinajstić information content (AvgIpc) is 2.98. The van der Waals surface area contributed by atoms with Crippen molar-refractivity contribution in [3.8, 4) is 5.75 Å². The fourth-order valence-corrected chi connectivity index (χ4v) is 4.16. The first-order chi connectivity index (χ1) is 12.6. The number of nitrogens with one attached hydrogen (secondary N) is 1. The van der Waals surface area contributed by atoms with Gasteiger partial charge in [-0.15, -0.1) is 12.4 Å². The number of nitrogens with zero attached hydrogens (tertiary/aromatic N) is 1. The number of amides is 1. The second-order valence-corrected chi connectivity index (χ2v) is 7.46. The lowest BCUT2D eigenvalue weighted by Crippen LogP contribution is -2.44. The normalized spacial score (nSPS) is 23.2. The van der Waals surface area contributed by atoms with E-state index in [-0.39, 0.29) is 36.3 Å². The van der Waals surface area contributed by atoms with Gasteiger partial charge in [0.1, 0.15) is 11.5 Å². The molecule has 1 aromatic rings. The van der Waals surface area contributed by atoms with Crippen molar-refractivity contribution in [1.82, 2.24) is 10.2 Å². The Labute approximate surface area is 165 Å².